The minimum Gasteiger partial charge on any atom is -0.497 e. The van der Waals surface area contributed by atoms with Crippen LogP contribution in [0.5, 0.6) is 23.0 Å². The number of Topliss-reactive ketones (excluding diaryl/α,β-unsaturated/α-hetero) is 1. The van der Waals surface area contributed by atoms with Crippen molar-refractivity contribution in [3.8, 4) is 23.0 Å². The predicted molar refractivity (Wildman–Crippen MR) is 91.0 cm³/mol. The van der Waals surface area contributed by atoms with Crippen molar-refractivity contribution in [2.45, 2.75) is 12.0 Å². The maximum absolute atomic E-state index is 13.0. The summed E-state index contributed by atoms with van der Waals surface area (Å²) in [4.78, 5) is 13.0. The van der Waals surface area contributed by atoms with Gasteiger partial charge in [-0.2, -0.15) is 0 Å². The first kappa shape index (κ1) is 17.1. The second-order valence-electron chi connectivity index (χ2n) is 5.88. The fourth-order valence-electron chi connectivity index (χ4n) is 2.89. The smallest absolute Gasteiger partial charge is 0.205 e. The highest BCUT2D eigenvalue weighted by Gasteiger charge is 2.44. The normalized spacial score (nSPS) is 19.0. The lowest BCUT2D eigenvalue weighted by molar-refractivity contribution is -0.00241. The van der Waals surface area contributed by atoms with Gasteiger partial charge in [-0.25, -0.2) is 0 Å². The lowest BCUT2D eigenvalue weighted by Gasteiger charge is -2.33. The molecule has 0 radical (unpaired) electrons. The third kappa shape index (κ3) is 3.13. The maximum atomic E-state index is 13.0. The van der Waals surface area contributed by atoms with E-state index in [4.69, 9.17) is 18.9 Å². The number of hydrogen-bond donors (Lipinski definition) is 1. The summed E-state index contributed by atoms with van der Waals surface area (Å²) in [6.45, 7) is -0.138. The largest absolute Gasteiger partial charge is 0.497 e. The molecule has 3 rings (SSSR count). The topological polar surface area (TPSA) is 74.2 Å². The Balaban J connectivity index is 1.93. The van der Waals surface area contributed by atoms with E-state index in [2.05, 4.69) is 0 Å². The van der Waals surface area contributed by atoms with Crippen LogP contribution in [0.15, 0.2) is 36.4 Å². The van der Waals surface area contributed by atoms with E-state index in [-0.39, 0.29) is 18.6 Å². The number of fused-ring (bicyclic) bond motifs is 1. The van der Waals surface area contributed by atoms with E-state index in [0.29, 0.717) is 23.0 Å². The third-order valence-corrected chi connectivity index (χ3v) is 4.27. The van der Waals surface area contributed by atoms with E-state index < -0.39 is 11.4 Å². The van der Waals surface area contributed by atoms with Crippen LogP contribution in [0.25, 0.3) is 0 Å². The number of aliphatic hydroxyl groups is 1. The van der Waals surface area contributed by atoms with E-state index in [0.717, 1.165) is 5.56 Å². The number of rotatable bonds is 5. The number of methoxy groups -OCH3 is 3. The van der Waals surface area contributed by atoms with Crippen LogP contribution in [-0.4, -0.2) is 44.4 Å². The van der Waals surface area contributed by atoms with Crippen molar-refractivity contribution in [2.24, 2.45) is 0 Å². The van der Waals surface area contributed by atoms with Crippen molar-refractivity contribution >= 4 is 5.78 Å². The zero-order valence-electron chi connectivity index (χ0n) is 14.4. The molecule has 0 amide bonds. The molecular weight excluding hydrogens is 324 g/mol. The zero-order valence-corrected chi connectivity index (χ0v) is 14.4. The van der Waals surface area contributed by atoms with E-state index >= 15 is 0 Å². The fourth-order valence-corrected chi connectivity index (χ4v) is 2.89. The quantitative estimate of drug-likeness (QED) is 0.897. The molecule has 0 bridgehead atoms. The third-order valence-electron chi connectivity index (χ3n) is 4.27. The second-order valence-corrected chi connectivity index (χ2v) is 5.88. The minimum atomic E-state index is -1.66. The number of ketones is 1. The molecule has 1 aliphatic heterocycles. The van der Waals surface area contributed by atoms with Gasteiger partial charge in [-0.1, -0.05) is 12.1 Å². The lowest BCUT2D eigenvalue weighted by Crippen LogP contribution is -2.49. The lowest BCUT2D eigenvalue weighted by atomic mass is 9.85. The van der Waals surface area contributed by atoms with Crippen LogP contribution in [-0.2, 0) is 6.42 Å². The standard InChI is InChI=1S/C19H20O6/c1-22-13-6-4-12(5-7-13)10-19(21)11-25-16-9-14(23-2)8-15(24-3)17(16)18(19)20/h4-9,21H,10-11H2,1-3H3. The first-order valence-corrected chi connectivity index (χ1v) is 7.79. The van der Waals surface area contributed by atoms with Crippen LogP contribution >= 0.6 is 0 Å². The molecule has 0 fully saturated rings. The number of ether oxygens (including phenoxy) is 4. The molecule has 1 aliphatic rings. The summed E-state index contributed by atoms with van der Waals surface area (Å²) >= 11 is 0. The van der Waals surface area contributed by atoms with Crippen molar-refractivity contribution in [2.75, 3.05) is 27.9 Å². The molecule has 6 nitrogen and oxygen atoms in total. The summed E-state index contributed by atoms with van der Waals surface area (Å²) in [5.41, 5.74) is -0.634. The number of hydrogen-bond acceptors (Lipinski definition) is 6. The molecule has 2 aromatic carbocycles. The number of carbonyl (C=O) groups is 1. The van der Waals surface area contributed by atoms with Crippen LogP contribution in [0, 0.1) is 0 Å². The van der Waals surface area contributed by atoms with Gasteiger partial charge in [0.2, 0.25) is 5.78 Å². The first-order chi connectivity index (χ1) is 12.0. The van der Waals surface area contributed by atoms with Gasteiger partial charge < -0.3 is 24.1 Å². The molecule has 0 saturated carbocycles. The highest BCUT2D eigenvalue weighted by molar-refractivity contribution is 6.08. The predicted octanol–water partition coefficient (Wildman–Crippen LogP) is 2.26. The van der Waals surface area contributed by atoms with Gasteiger partial charge in [0.05, 0.1) is 21.3 Å². The van der Waals surface area contributed by atoms with E-state index in [1.807, 2.05) is 12.1 Å². The molecule has 0 saturated heterocycles. The van der Waals surface area contributed by atoms with Crippen molar-refractivity contribution in [3.05, 3.63) is 47.5 Å². The summed E-state index contributed by atoms with van der Waals surface area (Å²) in [5, 5.41) is 10.9. The van der Waals surface area contributed by atoms with E-state index in [1.165, 1.54) is 14.2 Å². The highest BCUT2D eigenvalue weighted by Crippen LogP contribution is 2.40. The molecule has 1 unspecified atom stereocenters. The molecule has 1 N–H and O–H groups in total. The monoisotopic (exact) mass is 344 g/mol. The zero-order chi connectivity index (χ0) is 18.0. The highest BCUT2D eigenvalue weighted by atomic mass is 16.5. The first-order valence-electron chi connectivity index (χ1n) is 7.79. The minimum absolute atomic E-state index is 0.129. The Bertz CT molecular complexity index is 766. The summed E-state index contributed by atoms with van der Waals surface area (Å²) in [6, 6.07) is 10.4. The van der Waals surface area contributed by atoms with Gasteiger partial charge >= 0.3 is 0 Å². The van der Waals surface area contributed by atoms with Gasteiger partial charge in [-0.15, -0.1) is 0 Å². The van der Waals surface area contributed by atoms with Gasteiger partial charge in [-0.05, 0) is 17.7 Å². The van der Waals surface area contributed by atoms with Crippen molar-refractivity contribution < 1.29 is 28.8 Å². The van der Waals surface area contributed by atoms with Crippen LogP contribution < -0.4 is 18.9 Å². The Morgan fingerprint density at radius 3 is 2.32 bits per heavy atom. The van der Waals surface area contributed by atoms with Crippen LogP contribution in [0.3, 0.4) is 0 Å². The Hall–Kier alpha value is -2.73. The Kier molecular flexibility index (Phi) is 4.55. The molecule has 0 aromatic heterocycles. The summed E-state index contributed by atoms with van der Waals surface area (Å²) in [7, 11) is 4.56. The molecular formula is C19H20O6. The van der Waals surface area contributed by atoms with Crippen molar-refractivity contribution in [1.82, 2.24) is 0 Å². The Morgan fingerprint density at radius 1 is 1.04 bits per heavy atom. The summed E-state index contributed by atoms with van der Waals surface area (Å²) in [5.74, 6) is 1.46. The van der Waals surface area contributed by atoms with E-state index in [1.54, 1.807) is 31.4 Å². The molecule has 132 valence electrons. The summed E-state index contributed by atoms with van der Waals surface area (Å²) in [6.07, 6.45) is 0.129. The average Bonchev–Trinajstić information content (AvgIpc) is 2.64. The molecule has 1 atom stereocenters. The maximum Gasteiger partial charge on any atom is 0.205 e. The molecule has 2 aromatic rings. The summed E-state index contributed by atoms with van der Waals surface area (Å²) < 4.78 is 21.3. The second kappa shape index (κ2) is 6.64. The molecule has 6 heteroatoms. The van der Waals surface area contributed by atoms with E-state index in [9.17, 15) is 9.90 Å². The van der Waals surface area contributed by atoms with Gasteiger partial charge in [0.15, 0.2) is 5.60 Å². The average molecular weight is 344 g/mol. The molecule has 0 aliphatic carbocycles. The van der Waals surface area contributed by atoms with Crippen molar-refractivity contribution in [1.29, 1.82) is 0 Å². The molecule has 1 heterocycles. The Labute approximate surface area is 145 Å². The molecule has 0 spiro atoms. The SMILES string of the molecule is COc1ccc(CC2(O)COc3cc(OC)cc(OC)c3C2=O)cc1. The number of carbonyl (C=O) groups excluding carboxylic acids is 1. The fraction of sp³-hybridized carbons (Fsp3) is 0.316. The van der Waals surface area contributed by atoms with Gasteiger partial charge in [0, 0.05) is 18.6 Å². The van der Waals surface area contributed by atoms with Gasteiger partial charge in [-0.3, -0.25) is 4.79 Å². The van der Waals surface area contributed by atoms with Gasteiger partial charge in [0.25, 0.3) is 0 Å². The van der Waals surface area contributed by atoms with Crippen LogP contribution in [0.4, 0.5) is 0 Å². The van der Waals surface area contributed by atoms with Crippen LogP contribution in [0.2, 0.25) is 0 Å². The number of benzene rings is 2. The Morgan fingerprint density at radius 2 is 1.72 bits per heavy atom. The molecule has 25 heavy (non-hydrogen) atoms. The van der Waals surface area contributed by atoms with Crippen molar-refractivity contribution in [3.63, 3.8) is 0 Å². The van der Waals surface area contributed by atoms with Gasteiger partial charge in [0.1, 0.15) is 35.2 Å². The van der Waals surface area contributed by atoms with Crippen LogP contribution in [0.1, 0.15) is 15.9 Å².